The molecule has 4 aromatic carbocycles. The van der Waals surface area contributed by atoms with E-state index in [1.165, 1.54) is 140 Å². The maximum absolute atomic E-state index is 13.7. The standard InChI is InChI=1S/C50H73O3P/c1-5-7-9-11-13-15-17-19-21-23-31-45-35-39-47(40-36-45)54(51,52-49-33-27-25-29-43(49)3,53-50-34-28-26-30-44(50)4)48-41-37-46(38-42-48)32-24-22-20-18-16-14-12-10-8-6-2/h25-30,33-42,51H,5-24,31-32H2,1-4H3. The molecule has 0 fully saturated rings. The average molecular weight is 753 g/mol. The summed E-state index contributed by atoms with van der Waals surface area (Å²) < 4.78 is 14.1. The van der Waals surface area contributed by atoms with Crippen LogP contribution in [0.4, 0.5) is 0 Å². The molecule has 0 bridgehead atoms. The Bertz CT molecular complexity index is 1480. The SMILES string of the molecule is CCCCCCCCCCCCc1ccc(P(O)(Oc2ccccc2C)(Oc2ccccc2C)c2ccc(CCCCCCCCCCCC)cc2)cc1. The molecule has 54 heavy (non-hydrogen) atoms. The van der Waals surface area contributed by atoms with Gasteiger partial charge in [-0.25, -0.2) is 0 Å². The van der Waals surface area contributed by atoms with Crippen molar-refractivity contribution in [3.63, 3.8) is 0 Å². The molecule has 0 aliphatic carbocycles. The van der Waals surface area contributed by atoms with E-state index >= 15 is 0 Å². The van der Waals surface area contributed by atoms with Crippen LogP contribution in [0.5, 0.6) is 11.5 Å². The Morgan fingerprint density at radius 3 is 1.00 bits per heavy atom. The maximum atomic E-state index is 13.7. The minimum absolute atomic E-state index is 0.620. The molecule has 0 atom stereocenters. The predicted octanol–water partition coefficient (Wildman–Crippen LogP) is 14.6. The van der Waals surface area contributed by atoms with E-state index in [1.807, 2.05) is 62.4 Å². The summed E-state index contributed by atoms with van der Waals surface area (Å²) in [6.07, 6.45) is 28.7. The Morgan fingerprint density at radius 2 is 0.685 bits per heavy atom. The van der Waals surface area contributed by atoms with Crippen LogP contribution in [0.3, 0.4) is 0 Å². The van der Waals surface area contributed by atoms with Crippen molar-refractivity contribution in [3.05, 3.63) is 119 Å². The molecule has 0 saturated heterocycles. The Hall–Kier alpha value is -3.13. The first kappa shape index (κ1) is 43.6. The summed E-state index contributed by atoms with van der Waals surface area (Å²) in [5.74, 6) is 1.24. The van der Waals surface area contributed by atoms with Crippen molar-refractivity contribution in [2.45, 2.75) is 169 Å². The molecule has 0 unspecified atom stereocenters. The van der Waals surface area contributed by atoms with Crippen LogP contribution in [0.2, 0.25) is 0 Å². The molecule has 0 spiro atoms. The molecule has 0 aromatic heterocycles. The Labute approximate surface area is 330 Å². The molecule has 4 heteroatoms. The first-order chi connectivity index (χ1) is 26.4. The van der Waals surface area contributed by atoms with Gasteiger partial charge in [0.1, 0.15) is 0 Å². The quantitative estimate of drug-likeness (QED) is 0.0464. The summed E-state index contributed by atoms with van der Waals surface area (Å²) in [6.45, 7) is 8.61. The second-order valence-corrected chi connectivity index (χ2v) is 19.1. The van der Waals surface area contributed by atoms with E-state index in [0.29, 0.717) is 22.1 Å². The number of benzene rings is 4. The molecule has 296 valence electrons. The number of rotatable bonds is 28. The molecule has 0 aliphatic rings. The Balaban J connectivity index is 1.52. The van der Waals surface area contributed by atoms with Crippen molar-refractivity contribution >= 4 is 17.9 Å². The van der Waals surface area contributed by atoms with E-state index in [1.54, 1.807) is 0 Å². The fourth-order valence-electron chi connectivity index (χ4n) is 7.55. The minimum atomic E-state index is -4.80. The van der Waals surface area contributed by atoms with Crippen LogP contribution in [-0.2, 0) is 12.8 Å². The van der Waals surface area contributed by atoms with E-state index in [2.05, 4.69) is 62.4 Å². The van der Waals surface area contributed by atoms with Crippen molar-refractivity contribution in [1.82, 2.24) is 0 Å². The molecule has 4 rings (SSSR count). The summed E-state index contributed by atoms with van der Waals surface area (Å²) >= 11 is 0. The van der Waals surface area contributed by atoms with Crippen LogP contribution in [0.15, 0.2) is 97.1 Å². The molecule has 0 aliphatic heterocycles. The monoisotopic (exact) mass is 753 g/mol. The Morgan fingerprint density at radius 1 is 0.389 bits per heavy atom. The first-order valence-electron chi connectivity index (χ1n) is 21.8. The van der Waals surface area contributed by atoms with Gasteiger partial charge >= 0.3 is 279 Å². The molecule has 3 nitrogen and oxygen atoms in total. The predicted molar refractivity (Wildman–Crippen MR) is 236 cm³/mol. The van der Waals surface area contributed by atoms with Crippen LogP contribution >= 0.6 is 7.28 Å². The summed E-state index contributed by atoms with van der Waals surface area (Å²) in [6, 6.07) is 32.7. The molecule has 0 radical (unpaired) electrons. The second kappa shape index (κ2) is 23.7. The van der Waals surface area contributed by atoms with Gasteiger partial charge in [-0.3, -0.25) is 0 Å². The third-order valence-electron chi connectivity index (χ3n) is 11.1. The van der Waals surface area contributed by atoms with Gasteiger partial charge in [-0.05, 0) is 0 Å². The van der Waals surface area contributed by atoms with Gasteiger partial charge in [0, 0.05) is 0 Å². The summed E-state index contributed by atoms with van der Waals surface area (Å²) in [7, 11) is -4.80. The molecule has 0 saturated carbocycles. The van der Waals surface area contributed by atoms with Gasteiger partial charge in [-0.15, -0.1) is 0 Å². The van der Waals surface area contributed by atoms with E-state index in [9.17, 15) is 4.89 Å². The van der Waals surface area contributed by atoms with E-state index < -0.39 is 7.28 Å². The second-order valence-electron chi connectivity index (χ2n) is 15.8. The van der Waals surface area contributed by atoms with Crippen LogP contribution in [-0.4, -0.2) is 4.89 Å². The average Bonchev–Trinajstić information content (AvgIpc) is 3.19. The third kappa shape index (κ3) is 13.6. The molecule has 1 N–H and O–H groups in total. The number of hydrogen-bond donors (Lipinski definition) is 1. The van der Waals surface area contributed by atoms with Crippen LogP contribution in [0.25, 0.3) is 0 Å². The van der Waals surface area contributed by atoms with Crippen molar-refractivity contribution in [3.8, 4) is 11.5 Å². The Kier molecular flexibility index (Phi) is 19.1. The summed E-state index contributed by atoms with van der Waals surface area (Å²) in [5, 5.41) is 1.34. The topological polar surface area (TPSA) is 38.7 Å². The van der Waals surface area contributed by atoms with Crippen LogP contribution in [0.1, 0.15) is 165 Å². The van der Waals surface area contributed by atoms with Crippen LogP contribution < -0.4 is 19.7 Å². The first-order valence-corrected chi connectivity index (χ1v) is 23.9. The van der Waals surface area contributed by atoms with Crippen LogP contribution in [0, 0.1) is 13.8 Å². The van der Waals surface area contributed by atoms with Gasteiger partial charge < -0.3 is 0 Å². The molecule has 4 aromatic rings. The molecule has 0 heterocycles. The zero-order valence-corrected chi connectivity index (χ0v) is 35.4. The van der Waals surface area contributed by atoms with Gasteiger partial charge in [0.25, 0.3) is 0 Å². The number of para-hydroxylation sites is 2. The fourth-order valence-corrected chi connectivity index (χ4v) is 10.8. The molecular formula is C50H73O3P. The third-order valence-corrected chi connectivity index (χ3v) is 14.6. The van der Waals surface area contributed by atoms with Gasteiger partial charge in [-0.2, -0.15) is 0 Å². The molecule has 0 amide bonds. The normalized spacial score (nSPS) is 12.4. The zero-order valence-electron chi connectivity index (χ0n) is 34.5. The van der Waals surface area contributed by atoms with Gasteiger partial charge in [0.15, 0.2) is 0 Å². The summed E-state index contributed by atoms with van der Waals surface area (Å²) in [5.41, 5.74) is 4.46. The van der Waals surface area contributed by atoms with Crippen molar-refractivity contribution < 1.29 is 13.9 Å². The van der Waals surface area contributed by atoms with Gasteiger partial charge in [-0.1, -0.05) is 52.4 Å². The van der Waals surface area contributed by atoms with Crippen molar-refractivity contribution in [2.75, 3.05) is 0 Å². The van der Waals surface area contributed by atoms with Crippen molar-refractivity contribution in [2.24, 2.45) is 0 Å². The van der Waals surface area contributed by atoms with Gasteiger partial charge in [0.05, 0.1) is 0 Å². The van der Waals surface area contributed by atoms with E-state index in [0.717, 1.165) is 24.0 Å². The molecular weight excluding hydrogens is 680 g/mol. The number of aryl methyl sites for hydroxylation is 4. The number of unbranched alkanes of at least 4 members (excludes halogenated alkanes) is 18. The van der Waals surface area contributed by atoms with Gasteiger partial charge in [0.2, 0.25) is 0 Å². The van der Waals surface area contributed by atoms with E-state index in [-0.39, 0.29) is 0 Å². The van der Waals surface area contributed by atoms with Crippen molar-refractivity contribution in [1.29, 1.82) is 0 Å². The summed E-state index contributed by atoms with van der Waals surface area (Å²) in [4.78, 5) is 13.7. The number of hydrogen-bond acceptors (Lipinski definition) is 3. The van der Waals surface area contributed by atoms with E-state index in [4.69, 9.17) is 9.05 Å². The fraction of sp³-hybridized carbons (Fsp3) is 0.520. The zero-order chi connectivity index (χ0) is 38.4.